The van der Waals surface area contributed by atoms with E-state index in [1.54, 1.807) is 46.2 Å². The van der Waals surface area contributed by atoms with Crippen molar-refractivity contribution in [3.8, 4) is 0 Å². The normalized spacial score (nSPS) is 15.1. The maximum atomic E-state index is 13.2. The summed E-state index contributed by atoms with van der Waals surface area (Å²) in [5.41, 5.74) is 0.261. The Kier molecular flexibility index (Phi) is 7.57. The van der Waals surface area contributed by atoms with Crippen LogP contribution in [-0.4, -0.2) is 54.0 Å². The van der Waals surface area contributed by atoms with Crippen molar-refractivity contribution in [2.75, 3.05) is 31.1 Å². The van der Waals surface area contributed by atoms with Crippen LogP contribution < -0.4 is 10.2 Å². The highest BCUT2D eigenvalue weighted by Gasteiger charge is 2.32. The SMILES string of the molecule is O=C(O)CCC(=O)NC(C(=O)N1CCN(c2cccc(C(F)(F)F)c2)CC1)c1ccccc1. The Balaban J connectivity index is 1.68. The molecule has 1 saturated heterocycles. The van der Waals surface area contributed by atoms with Gasteiger partial charge in [-0.2, -0.15) is 13.2 Å². The van der Waals surface area contributed by atoms with Crippen LogP contribution in [0.1, 0.15) is 30.0 Å². The number of anilines is 1. The van der Waals surface area contributed by atoms with Crippen molar-refractivity contribution in [2.45, 2.75) is 25.1 Å². The van der Waals surface area contributed by atoms with E-state index in [2.05, 4.69) is 5.32 Å². The van der Waals surface area contributed by atoms with E-state index < -0.39 is 29.7 Å². The molecule has 2 amide bonds. The minimum absolute atomic E-state index is 0.255. The number of halogens is 3. The van der Waals surface area contributed by atoms with Gasteiger partial charge in [0, 0.05) is 38.3 Å². The van der Waals surface area contributed by atoms with E-state index in [0.29, 0.717) is 24.3 Å². The Hall–Kier alpha value is -3.56. The molecule has 1 aliphatic heterocycles. The number of carboxylic acids is 1. The summed E-state index contributed by atoms with van der Waals surface area (Å²) in [6.07, 6.45) is -5.04. The number of piperazine rings is 1. The molecule has 2 aromatic carbocycles. The van der Waals surface area contributed by atoms with Gasteiger partial charge in [-0.25, -0.2) is 0 Å². The number of carbonyl (C=O) groups excluding carboxylic acids is 2. The van der Waals surface area contributed by atoms with E-state index in [4.69, 9.17) is 5.11 Å². The second-order valence-electron chi connectivity index (χ2n) is 7.67. The van der Waals surface area contributed by atoms with E-state index in [9.17, 15) is 27.6 Å². The van der Waals surface area contributed by atoms with Gasteiger partial charge in [-0.15, -0.1) is 0 Å². The molecule has 1 unspecified atom stereocenters. The van der Waals surface area contributed by atoms with Crippen LogP contribution in [0.25, 0.3) is 0 Å². The van der Waals surface area contributed by atoms with E-state index in [-0.39, 0.29) is 31.8 Å². The Labute approximate surface area is 188 Å². The summed E-state index contributed by atoms with van der Waals surface area (Å²) in [7, 11) is 0. The average molecular weight is 463 g/mol. The number of hydrogen-bond acceptors (Lipinski definition) is 4. The van der Waals surface area contributed by atoms with Crippen molar-refractivity contribution in [3.63, 3.8) is 0 Å². The highest BCUT2D eigenvalue weighted by atomic mass is 19.4. The Morgan fingerprint density at radius 2 is 1.61 bits per heavy atom. The van der Waals surface area contributed by atoms with E-state index >= 15 is 0 Å². The topological polar surface area (TPSA) is 89.9 Å². The number of carbonyl (C=O) groups is 3. The molecule has 33 heavy (non-hydrogen) atoms. The number of nitrogens with one attached hydrogen (secondary N) is 1. The van der Waals surface area contributed by atoms with Crippen molar-refractivity contribution >= 4 is 23.5 Å². The number of aliphatic carboxylic acids is 1. The van der Waals surface area contributed by atoms with Gasteiger partial charge in [0.05, 0.1) is 12.0 Å². The Morgan fingerprint density at radius 3 is 2.21 bits per heavy atom. The molecule has 0 saturated carbocycles. The van der Waals surface area contributed by atoms with Gasteiger partial charge in [-0.1, -0.05) is 36.4 Å². The lowest BCUT2D eigenvalue weighted by atomic mass is 10.0. The standard InChI is InChI=1S/C23H24F3N3O4/c24-23(25,26)17-7-4-8-18(15-17)28-11-13-29(14-12-28)22(33)21(16-5-2-1-3-6-16)27-19(30)9-10-20(31)32/h1-8,15,21H,9-14H2,(H,27,30)(H,31,32). The quantitative estimate of drug-likeness (QED) is 0.659. The van der Waals surface area contributed by atoms with Crippen molar-refractivity contribution in [1.29, 1.82) is 0 Å². The summed E-state index contributed by atoms with van der Waals surface area (Å²) in [5.74, 6) is -2.02. The highest BCUT2D eigenvalue weighted by Crippen LogP contribution is 2.32. The van der Waals surface area contributed by atoms with Crippen molar-refractivity contribution in [3.05, 3.63) is 65.7 Å². The molecule has 0 aliphatic carbocycles. The lowest BCUT2D eigenvalue weighted by Gasteiger charge is -2.38. The van der Waals surface area contributed by atoms with E-state index in [0.717, 1.165) is 12.1 Å². The summed E-state index contributed by atoms with van der Waals surface area (Å²) in [4.78, 5) is 39.5. The fourth-order valence-electron chi connectivity index (χ4n) is 3.63. The molecular weight excluding hydrogens is 439 g/mol. The molecular formula is C23H24F3N3O4. The van der Waals surface area contributed by atoms with E-state index in [1.807, 2.05) is 0 Å². The van der Waals surface area contributed by atoms with Gasteiger partial charge in [-0.3, -0.25) is 14.4 Å². The van der Waals surface area contributed by atoms with Gasteiger partial charge in [0.2, 0.25) is 11.8 Å². The van der Waals surface area contributed by atoms with Gasteiger partial charge in [0.25, 0.3) is 0 Å². The minimum atomic E-state index is -4.43. The fraction of sp³-hybridized carbons (Fsp3) is 0.348. The molecule has 0 aromatic heterocycles. The number of amides is 2. The highest BCUT2D eigenvalue weighted by molar-refractivity contribution is 5.89. The van der Waals surface area contributed by atoms with Crippen molar-refractivity contribution in [2.24, 2.45) is 0 Å². The summed E-state index contributed by atoms with van der Waals surface area (Å²) in [6, 6.07) is 12.7. The monoisotopic (exact) mass is 463 g/mol. The summed E-state index contributed by atoms with van der Waals surface area (Å²) in [6.45, 7) is 1.20. The maximum absolute atomic E-state index is 13.2. The third-order valence-electron chi connectivity index (χ3n) is 5.38. The summed E-state index contributed by atoms with van der Waals surface area (Å²) < 4.78 is 39.1. The molecule has 0 bridgehead atoms. The first kappa shape index (κ1) is 24.1. The number of nitrogens with zero attached hydrogens (tertiary/aromatic N) is 2. The van der Waals surface area contributed by atoms with Crippen molar-refractivity contribution < 1.29 is 32.7 Å². The zero-order chi connectivity index (χ0) is 24.0. The molecule has 2 N–H and O–H groups in total. The number of hydrogen-bond donors (Lipinski definition) is 2. The third-order valence-corrected chi connectivity index (χ3v) is 5.38. The molecule has 1 heterocycles. The molecule has 0 radical (unpaired) electrons. The van der Waals surface area contributed by atoms with Gasteiger partial charge in [-0.05, 0) is 23.8 Å². The first-order valence-electron chi connectivity index (χ1n) is 10.4. The van der Waals surface area contributed by atoms with Gasteiger partial charge in [0.1, 0.15) is 6.04 Å². The fourth-order valence-corrected chi connectivity index (χ4v) is 3.63. The smallest absolute Gasteiger partial charge is 0.416 e. The minimum Gasteiger partial charge on any atom is -0.481 e. The molecule has 0 spiro atoms. The molecule has 3 rings (SSSR count). The number of rotatable bonds is 7. The predicted molar refractivity (Wildman–Crippen MR) is 114 cm³/mol. The van der Waals surface area contributed by atoms with Crippen LogP contribution in [0.15, 0.2) is 54.6 Å². The van der Waals surface area contributed by atoms with Gasteiger partial charge in [0.15, 0.2) is 0 Å². The number of carboxylic acid groups (broad SMARTS) is 1. The number of benzene rings is 2. The molecule has 176 valence electrons. The lowest BCUT2D eigenvalue weighted by molar-refractivity contribution is -0.139. The van der Waals surface area contributed by atoms with Crippen LogP contribution in [0.2, 0.25) is 0 Å². The van der Waals surface area contributed by atoms with Crippen LogP contribution in [0, 0.1) is 0 Å². The van der Waals surface area contributed by atoms with Crippen molar-refractivity contribution in [1.82, 2.24) is 10.2 Å². The third kappa shape index (κ3) is 6.47. The predicted octanol–water partition coefficient (Wildman–Crippen LogP) is 3.08. The molecule has 1 atom stereocenters. The summed E-state index contributed by atoms with van der Waals surface area (Å²) in [5, 5.41) is 11.4. The molecule has 1 fully saturated rings. The van der Waals surface area contributed by atoms with Gasteiger partial charge < -0.3 is 20.2 Å². The largest absolute Gasteiger partial charge is 0.481 e. The number of alkyl halides is 3. The molecule has 1 aliphatic rings. The van der Waals surface area contributed by atoms with Crippen LogP contribution in [0.4, 0.5) is 18.9 Å². The first-order valence-corrected chi connectivity index (χ1v) is 10.4. The zero-order valence-corrected chi connectivity index (χ0v) is 17.7. The van der Waals surface area contributed by atoms with Gasteiger partial charge >= 0.3 is 12.1 Å². The summed E-state index contributed by atoms with van der Waals surface area (Å²) >= 11 is 0. The second-order valence-corrected chi connectivity index (χ2v) is 7.67. The van der Waals surface area contributed by atoms with Crippen LogP contribution in [0.5, 0.6) is 0 Å². The Morgan fingerprint density at radius 1 is 0.939 bits per heavy atom. The Bertz CT molecular complexity index is 990. The first-order chi connectivity index (χ1) is 15.6. The zero-order valence-electron chi connectivity index (χ0n) is 17.7. The van der Waals surface area contributed by atoms with E-state index in [1.165, 1.54) is 6.07 Å². The lowest BCUT2D eigenvalue weighted by Crippen LogP contribution is -2.52. The molecule has 7 nitrogen and oxygen atoms in total. The van der Waals surface area contributed by atoms with Crippen LogP contribution in [0.3, 0.4) is 0 Å². The van der Waals surface area contributed by atoms with Crippen LogP contribution in [-0.2, 0) is 20.6 Å². The maximum Gasteiger partial charge on any atom is 0.416 e. The molecule has 10 heteroatoms. The average Bonchev–Trinajstić information content (AvgIpc) is 2.81. The second kappa shape index (κ2) is 10.4. The van der Waals surface area contributed by atoms with Crippen LogP contribution >= 0.6 is 0 Å². The molecule has 2 aromatic rings.